The summed E-state index contributed by atoms with van der Waals surface area (Å²) in [5.41, 5.74) is 2.24. The Morgan fingerprint density at radius 1 is 1.30 bits per heavy atom. The summed E-state index contributed by atoms with van der Waals surface area (Å²) < 4.78 is 1.44. The molecule has 1 amide bonds. The summed E-state index contributed by atoms with van der Waals surface area (Å²) in [6, 6.07) is 8.55. The first-order valence-electron chi connectivity index (χ1n) is 7.42. The van der Waals surface area contributed by atoms with Gasteiger partial charge in [0.05, 0.1) is 11.4 Å². The highest BCUT2D eigenvalue weighted by molar-refractivity contribution is 6.01. The van der Waals surface area contributed by atoms with Crippen molar-refractivity contribution in [3.63, 3.8) is 0 Å². The van der Waals surface area contributed by atoms with E-state index < -0.39 is 5.97 Å². The number of aromatic nitrogens is 2. The number of aromatic carboxylic acids is 1. The van der Waals surface area contributed by atoms with Crippen LogP contribution in [-0.4, -0.2) is 26.8 Å². The second-order valence-corrected chi connectivity index (χ2v) is 5.62. The molecule has 2 N–H and O–H groups in total. The Morgan fingerprint density at radius 2 is 2.04 bits per heavy atom. The van der Waals surface area contributed by atoms with E-state index in [9.17, 15) is 9.59 Å². The van der Waals surface area contributed by atoms with E-state index in [-0.39, 0.29) is 11.6 Å². The van der Waals surface area contributed by atoms with Crippen LogP contribution >= 0.6 is 0 Å². The lowest BCUT2D eigenvalue weighted by Gasteiger charge is -2.10. The summed E-state index contributed by atoms with van der Waals surface area (Å²) in [5.74, 6) is -0.735. The van der Waals surface area contributed by atoms with Crippen LogP contribution in [0.5, 0.6) is 0 Å². The van der Waals surface area contributed by atoms with Gasteiger partial charge < -0.3 is 10.4 Å². The first-order chi connectivity index (χ1) is 11.0. The maximum atomic E-state index is 12.1. The molecule has 118 valence electrons. The number of nitrogens with one attached hydrogen (secondary N) is 1. The van der Waals surface area contributed by atoms with Gasteiger partial charge >= 0.3 is 5.97 Å². The molecular weight excluding hydrogens is 294 g/mol. The molecule has 1 fully saturated rings. The summed E-state index contributed by atoms with van der Waals surface area (Å²) in [4.78, 5) is 23.1. The fourth-order valence-corrected chi connectivity index (χ4v) is 2.38. The Morgan fingerprint density at radius 3 is 2.70 bits per heavy atom. The molecule has 6 heteroatoms. The van der Waals surface area contributed by atoms with Gasteiger partial charge in [0.25, 0.3) is 0 Å². The Hall–Kier alpha value is -2.89. The lowest BCUT2D eigenvalue weighted by molar-refractivity contribution is -0.112. The third kappa shape index (κ3) is 3.48. The molecule has 1 heterocycles. The average molecular weight is 311 g/mol. The number of nitrogens with zero attached hydrogens (tertiary/aromatic N) is 2. The summed E-state index contributed by atoms with van der Waals surface area (Å²) in [6.07, 6.45) is 5.48. The topological polar surface area (TPSA) is 84.2 Å². The number of benzene rings is 1. The lowest BCUT2D eigenvalue weighted by atomic mass is 10.2. The predicted octanol–water partition coefficient (Wildman–Crippen LogP) is 2.87. The molecule has 6 nitrogen and oxygen atoms in total. The summed E-state index contributed by atoms with van der Waals surface area (Å²) in [6.45, 7) is 1.97. The highest BCUT2D eigenvalue weighted by Gasteiger charge is 2.23. The van der Waals surface area contributed by atoms with Crippen molar-refractivity contribution in [3.8, 4) is 5.69 Å². The fraction of sp³-hybridized carbons (Fsp3) is 0.235. The van der Waals surface area contributed by atoms with Crippen molar-refractivity contribution in [3.05, 3.63) is 53.9 Å². The van der Waals surface area contributed by atoms with Crippen LogP contribution in [0.25, 0.3) is 5.69 Å². The molecule has 3 rings (SSSR count). The number of carbonyl (C=O) groups excluding carboxylic acids is 1. The normalized spacial score (nSPS) is 14.6. The molecule has 0 bridgehead atoms. The van der Waals surface area contributed by atoms with Crippen molar-refractivity contribution in [1.29, 1.82) is 0 Å². The van der Waals surface area contributed by atoms with E-state index in [0.717, 1.165) is 18.4 Å². The van der Waals surface area contributed by atoms with Gasteiger partial charge in [-0.05, 0) is 43.9 Å². The number of para-hydroxylation sites is 2. The number of rotatable bonds is 5. The van der Waals surface area contributed by atoms with Crippen molar-refractivity contribution in [2.75, 3.05) is 5.32 Å². The second kappa shape index (κ2) is 6.08. The minimum atomic E-state index is -1.09. The largest absolute Gasteiger partial charge is 0.476 e. The number of allylic oxidation sites excluding steroid dienone is 1. The molecule has 1 aliphatic carbocycles. The van der Waals surface area contributed by atoms with Crippen LogP contribution in [0.4, 0.5) is 5.69 Å². The van der Waals surface area contributed by atoms with E-state index in [0.29, 0.717) is 17.3 Å². The van der Waals surface area contributed by atoms with Gasteiger partial charge in [-0.25, -0.2) is 9.48 Å². The van der Waals surface area contributed by atoms with E-state index in [1.807, 2.05) is 6.92 Å². The number of carboxylic acid groups (broad SMARTS) is 1. The molecule has 0 unspecified atom stereocenters. The van der Waals surface area contributed by atoms with Crippen molar-refractivity contribution >= 4 is 17.6 Å². The maximum absolute atomic E-state index is 12.1. The van der Waals surface area contributed by atoms with Crippen molar-refractivity contribution in [1.82, 2.24) is 9.78 Å². The first kappa shape index (κ1) is 15.0. The van der Waals surface area contributed by atoms with Crippen molar-refractivity contribution < 1.29 is 14.7 Å². The highest BCUT2D eigenvalue weighted by atomic mass is 16.4. The van der Waals surface area contributed by atoms with Gasteiger partial charge in [-0.15, -0.1) is 0 Å². The lowest BCUT2D eigenvalue weighted by Crippen LogP contribution is -2.12. The van der Waals surface area contributed by atoms with Crippen LogP contribution in [-0.2, 0) is 4.79 Å². The molecule has 2 aromatic rings. The quantitative estimate of drug-likeness (QED) is 0.832. The Balaban J connectivity index is 1.83. The molecular formula is C17H17N3O3. The van der Waals surface area contributed by atoms with Gasteiger partial charge in [0, 0.05) is 12.3 Å². The van der Waals surface area contributed by atoms with E-state index >= 15 is 0 Å². The second-order valence-electron chi connectivity index (χ2n) is 5.62. The third-order valence-corrected chi connectivity index (χ3v) is 3.80. The van der Waals surface area contributed by atoms with Crippen molar-refractivity contribution in [2.45, 2.75) is 19.8 Å². The summed E-state index contributed by atoms with van der Waals surface area (Å²) in [7, 11) is 0. The minimum Gasteiger partial charge on any atom is -0.476 e. The first-order valence-corrected chi connectivity index (χ1v) is 7.42. The van der Waals surface area contributed by atoms with E-state index in [1.54, 1.807) is 36.5 Å². The summed E-state index contributed by atoms with van der Waals surface area (Å²) in [5, 5.41) is 15.8. The zero-order valence-corrected chi connectivity index (χ0v) is 12.7. The molecule has 0 aliphatic heterocycles. The average Bonchev–Trinajstić information content (AvgIpc) is 3.25. The molecule has 1 aliphatic rings. The molecule has 1 aromatic heterocycles. The zero-order valence-electron chi connectivity index (χ0n) is 12.7. The van der Waals surface area contributed by atoms with Crippen molar-refractivity contribution in [2.24, 2.45) is 5.92 Å². The smallest absolute Gasteiger partial charge is 0.356 e. The molecule has 0 saturated heterocycles. The Bertz CT molecular complexity index is 788. The minimum absolute atomic E-state index is 0.0457. The highest BCUT2D eigenvalue weighted by Crippen LogP contribution is 2.35. The Labute approximate surface area is 133 Å². The monoisotopic (exact) mass is 311 g/mol. The Kier molecular flexibility index (Phi) is 3.97. The number of hydrogen-bond acceptors (Lipinski definition) is 3. The molecule has 23 heavy (non-hydrogen) atoms. The van der Waals surface area contributed by atoms with Gasteiger partial charge in [-0.1, -0.05) is 17.7 Å². The molecule has 0 radical (unpaired) electrons. The molecule has 1 saturated carbocycles. The molecule has 1 aromatic carbocycles. The van der Waals surface area contributed by atoms with Gasteiger partial charge in [0.1, 0.15) is 0 Å². The van der Waals surface area contributed by atoms with Crippen LogP contribution in [0.15, 0.2) is 48.2 Å². The summed E-state index contributed by atoms with van der Waals surface area (Å²) >= 11 is 0. The number of carboxylic acids is 1. The van der Waals surface area contributed by atoms with E-state index in [4.69, 9.17) is 5.11 Å². The number of anilines is 1. The van der Waals surface area contributed by atoms with E-state index in [1.165, 1.54) is 10.7 Å². The number of hydrogen-bond donors (Lipinski definition) is 2. The van der Waals surface area contributed by atoms with Crippen LogP contribution in [0.1, 0.15) is 30.3 Å². The fourth-order valence-electron chi connectivity index (χ4n) is 2.38. The van der Waals surface area contributed by atoms with Gasteiger partial charge in [0.15, 0.2) is 5.69 Å². The van der Waals surface area contributed by atoms with Crippen LogP contribution in [0.2, 0.25) is 0 Å². The van der Waals surface area contributed by atoms with Gasteiger partial charge in [-0.3, -0.25) is 4.79 Å². The third-order valence-electron chi connectivity index (χ3n) is 3.80. The standard InChI is InChI=1S/C17H17N3O3/c1-11(12-6-7-12)10-16(21)18-13-4-2-3-5-15(13)20-9-8-14(19-20)17(22)23/h2-5,8-10,12H,6-7H2,1H3,(H,18,21)(H,22,23)/b11-10-. The van der Waals surface area contributed by atoms with Gasteiger partial charge in [0.2, 0.25) is 5.91 Å². The molecule has 0 spiro atoms. The number of amides is 1. The predicted molar refractivity (Wildman–Crippen MR) is 85.6 cm³/mol. The van der Waals surface area contributed by atoms with Crippen LogP contribution in [0, 0.1) is 5.92 Å². The van der Waals surface area contributed by atoms with Gasteiger partial charge in [-0.2, -0.15) is 5.10 Å². The van der Waals surface area contributed by atoms with E-state index in [2.05, 4.69) is 10.4 Å². The van der Waals surface area contributed by atoms with Crippen LogP contribution < -0.4 is 5.32 Å². The SMILES string of the molecule is C/C(=C/C(=O)Nc1ccccc1-n1ccc(C(=O)O)n1)C1CC1. The maximum Gasteiger partial charge on any atom is 0.356 e. The molecule has 0 atom stereocenters. The number of carbonyl (C=O) groups is 2. The van der Waals surface area contributed by atoms with Crippen LogP contribution in [0.3, 0.4) is 0 Å². The zero-order chi connectivity index (χ0) is 16.4.